The van der Waals surface area contributed by atoms with E-state index in [4.69, 9.17) is 10.8 Å². The number of rotatable bonds is 4. The highest BCUT2D eigenvalue weighted by atomic mass is 28.3. The van der Waals surface area contributed by atoms with Crippen molar-refractivity contribution in [2.75, 3.05) is 0 Å². The molecule has 0 amide bonds. The van der Waals surface area contributed by atoms with Crippen LogP contribution in [0.25, 0.3) is 0 Å². The van der Waals surface area contributed by atoms with Crippen LogP contribution in [-0.2, 0) is 4.43 Å². The molecular formula is C10H19OSi. The molecule has 0 aromatic carbocycles. The van der Waals surface area contributed by atoms with Gasteiger partial charge in [-0.05, 0) is 18.0 Å². The van der Waals surface area contributed by atoms with Crippen LogP contribution < -0.4 is 0 Å². The summed E-state index contributed by atoms with van der Waals surface area (Å²) in [5.41, 5.74) is 1.26. The van der Waals surface area contributed by atoms with Crippen LogP contribution in [0.5, 0.6) is 0 Å². The van der Waals surface area contributed by atoms with Crippen molar-refractivity contribution < 1.29 is 4.43 Å². The summed E-state index contributed by atoms with van der Waals surface area (Å²) in [6.45, 7) is 10.8. The van der Waals surface area contributed by atoms with Crippen LogP contribution in [0.4, 0.5) is 0 Å². The Morgan fingerprint density at radius 2 is 1.50 bits per heavy atom. The summed E-state index contributed by atoms with van der Waals surface area (Å²) in [4.78, 5) is 0. The van der Waals surface area contributed by atoms with Crippen LogP contribution in [0, 0.1) is 12.3 Å². The van der Waals surface area contributed by atoms with Crippen molar-refractivity contribution in [1.82, 2.24) is 0 Å². The van der Waals surface area contributed by atoms with E-state index in [0.717, 1.165) is 0 Å². The highest BCUT2D eigenvalue weighted by Crippen LogP contribution is 2.21. The van der Waals surface area contributed by atoms with Gasteiger partial charge in [-0.25, -0.2) is 0 Å². The first-order valence-corrected chi connectivity index (χ1v) is 6.04. The van der Waals surface area contributed by atoms with E-state index < -0.39 is 9.04 Å². The maximum Gasteiger partial charge on any atom is 0.218 e. The van der Waals surface area contributed by atoms with Crippen molar-refractivity contribution in [2.24, 2.45) is 0 Å². The average molecular weight is 183 g/mol. The van der Waals surface area contributed by atoms with Crippen molar-refractivity contribution in [1.29, 1.82) is 0 Å². The minimum Gasteiger partial charge on any atom is -0.403 e. The first-order chi connectivity index (χ1) is 5.49. The van der Waals surface area contributed by atoms with Crippen LogP contribution in [-0.4, -0.2) is 15.1 Å². The fraction of sp³-hybridized carbons (Fsp3) is 0.800. The third kappa shape index (κ3) is 3.94. The molecule has 0 rings (SSSR count). The van der Waals surface area contributed by atoms with E-state index in [0.29, 0.717) is 11.1 Å². The van der Waals surface area contributed by atoms with Gasteiger partial charge in [-0.3, -0.25) is 0 Å². The molecule has 0 spiro atoms. The zero-order valence-corrected chi connectivity index (χ0v) is 9.72. The number of hydrogen-bond donors (Lipinski definition) is 0. The molecule has 0 aliphatic heterocycles. The third-order valence-electron chi connectivity index (χ3n) is 1.69. The highest BCUT2D eigenvalue weighted by Gasteiger charge is 2.23. The Morgan fingerprint density at radius 3 is 1.75 bits per heavy atom. The number of hydrogen-bond acceptors (Lipinski definition) is 1. The molecule has 1 radical (unpaired) electrons. The van der Waals surface area contributed by atoms with E-state index in [1.807, 2.05) is 6.92 Å². The Hall–Kier alpha value is -0.263. The van der Waals surface area contributed by atoms with Gasteiger partial charge in [0.15, 0.2) is 0 Å². The molecule has 0 aromatic rings. The van der Waals surface area contributed by atoms with E-state index in [1.54, 1.807) is 0 Å². The highest BCUT2D eigenvalue weighted by molar-refractivity contribution is 6.55. The summed E-state index contributed by atoms with van der Waals surface area (Å²) in [6, 6.07) is 0. The second kappa shape index (κ2) is 5.39. The monoisotopic (exact) mass is 183 g/mol. The van der Waals surface area contributed by atoms with Gasteiger partial charge in [0.2, 0.25) is 9.04 Å². The fourth-order valence-corrected chi connectivity index (χ4v) is 3.53. The van der Waals surface area contributed by atoms with Gasteiger partial charge in [-0.1, -0.05) is 33.6 Å². The molecule has 0 bridgehead atoms. The van der Waals surface area contributed by atoms with E-state index >= 15 is 0 Å². The van der Waals surface area contributed by atoms with E-state index in [-0.39, 0.29) is 6.10 Å². The number of terminal acetylenes is 1. The normalized spacial score (nSPS) is 13.9. The van der Waals surface area contributed by atoms with Gasteiger partial charge >= 0.3 is 0 Å². The summed E-state index contributed by atoms with van der Waals surface area (Å²) in [5.74, 6) is 2.61. The predicted molar refractivity (Wildman–Crippen MR) is 55.3 cm³/mol. The molecule has 2 heteroatoms. The molecule has 0 aliphatic rings. The molecule has 1 atom stereocenters. The summed E-state index contributed by atoms with van der Waals surface area (Å²) < 4.78 is 5.79. The Balaban J connectivity index is 4.07. The lowest BCUT2D eigenvalue weighted by Crippen LogP contribution is -2.29. The SMILES string of the molecule is C#CC(C)O[Si](C(C)C)C(C)C. The van der Waals surface area contributed by atoms with Gasteiger partial charge in [0.05, 0.1) is 0 Å². The molecule has 0 fully saturated rings. The lowest BCUT2D eigenvalue weighted by Gasteiger charge is -2.23. The third-order valence-corrected chi connectivity index (χ3v) is 4.59. The quantitative estimate of drug-likeness (QED) is 0.481. The van der Waals surface area contributed by atoms with E-state index in [9.17, 15) is 0 Å². The van der Waals surface area contributed by atoms with Crippen molar-refractivity contribution in [2.45, 2.75) is 51.8 Å². The standard InChI is InChI=1S/C10H19OSi/c1-7-10(6)11-12(8(2)3)9(4)5/h1,8-10H,2-6H3. The van der Waals surface area contributed by atoms with Crippen LogP contribution in [0.1, 0.15) is 34.6 Å². The van der Waals surface area contributed by atoms with Crippen molar-refractivity contribution in [3.8, 4) is 12.3 Å². The van der Waals surface area contributed by atoms with Crippen LogP contribution in [0.2, 0.25) is 11.1 Å². The van der Waals surface area contributed by atoms with Gasteiger partial charge in [0.25, 0.3) is 0 Å². The second-order valence-electron chi connectivity index (χ2n) is 3.64. The summed E-state index contributed by atoms with van der Waals surface area (Å²) in [6.07, 6.45) is 5.24. The second-order valence-corrected chi connectivity index (χ2v) is 6.99. The minimum atomic E-state index is -0.732. The smallest absolute Gasteiger partial charge is 0.218 e. The van der Waals surface area contributed by atoms with Gasteiger partial charge < -0.3 is 4.43 Å². The molecule has 0 N–H and O–H groups in total. The molecule has 69 valence electrons. The first-order valence-electron chi connectivity index (χ1n) is 4.48. The largest absolute Gasteiger partial charge is 0.403 e. The average Bonchev–Trinajstić information content (AvgIpc) is 1.98. The molecule has 0 aliphatic carbocycles. The summed E-state index contributed by atoms with van der Waals surface area (Å²) >= 11 is 0. The Labute approximate surface area is 78.2 Å². The maximum absolute atomic E-state index is 5.79. The van der Waals surface area contributed by atoms with Crippen molar-refractivity contribution in [3.05, 3.63) is 0 Å². The topological polar surface area (TPSA) is 9.23 Å². The van der Waals surface area contributed by atoms with Crippen LogP contribution >= 0.6 is 0 Å². The maximum atomic E-state index is 5.79. The molecular weight excluding hydrogens is 164 g/mol. The molecule has 12 heavy (non-hydrogen) atoms. The van der Waals surface area contributed by atoms with Gasteiger partial charge in [-0.2, -0.15) is 0 Å². The molecule has 0 saturated heterocycles. The van der Waals surface area contributed by atoms with Gasteiger partial charge in [0, 0.05) is 0 Å². The Kier molecular flexibility index (Phi) is 5.28. The first kappa shape index (κ1) is 11.7. The van der Waals surface area contributed by atoms with Crippen molar-refractivity contribution >= 4 is 9.04 Å². The molecule has 1 nitrogen and oxygen atoms in total. The zero-order chi connectivity index (χ0) is 9.72. The zero-order valence-electron chi connectivity index (χ0n) is 8.72. The summed E-state index contributed by atoms with van der Waals surface area (Å²) in [7, 11) is -0.732. The Morgan fingerprint density at radius 1 is 1.08 bits per heavy atom. The molecule has 0 heterocycles. The molecule has 1 unspecified atom stereocenters. The van der Waals surface area contributed by atoms with Gasteiger partial charge in [0.1, 0.15) is 6.10 Å². The molecule has 0 aromatic heterocycles. The van der Waals surface area contributed by atoms with Crippen LogP contribution in [0.3, 0.4) is 0 Å². The Bertz CT molecular complexity index is 150. The van der Waals surface area contributed by atoms with Gasteiger partial charge in [-0.15, -0.1) is 6.42 Å². The summed E-state index contributed by atoms with van der Waals surface area (Å²) in [5, 5.41) is 0. The molecule has 0 saturated carbocycles. The van der Waals surface area contributed by atoms with E-state index in [1.165, 1.54) is 0 Å². The predicted octanol–water partition coefficient (Wildman–Crippen LogP) is 2.84. The fourth-order valence-electron chi connectivity index (χ4n) is 1.18. The lowest BCUT2D eigenvalue weighted by atomic mass is 10.4. The lowest BCUT2D eigenvalue weighted by molar-refractivity contribution is 0.269. The van der Waals surface area contributed by atoms with Crippen LogP contribution in [0.15, 0.2) is 0 Å². The van der Waals surface area contributed by atoms with Crippen molar-refractivity contribution in [3.63, 3.8) is 0 Å². The minimum absolute atomic E-state index is 0.0244. The van der Waals surface area contributed by atoms with E-state index in [2.05, 4.69) is 33.6 Å².